The first-order valence-corrected chi connectivity index (χ1v) is 3.71. The average molecular weight is 181 g/mol. The third-order valence-electron chi connectivity index (χ3n) is 1.78. The molecular formula is C8H11N3O2. The summed E-state index contributed by atoms with van der Waals surface area (Å²) in [7, 11) is 1.45. The zero-order valence-corrected chi connectivity index (χ0v) is 7.48. The Bertz CT molecular complexity index is 338. The van der Waals surface area contributed by atoms with Gasteiger partial charge in [-0.1, -0.05) is 0 Å². The lowest BCUT2D eigenvalue weighted by molar-refractivity contribution is 0.203. The van der Waals surface area contributed by atoms with Crippen LogP contribution in [-0.4, -0.2) is 23.2 Å². The molecule has 0 bridgehead atoms. The molecule has 13 heavy (non-hydrogen) atoms. The van der Waals surface area contributed by atoms with Crippen molar-refractivity contribution in [3.8, 4) is 0 Å². The fraction of sp³-hybridized carbons (Fsp3) is 0.250. The number of nitrogens with two attached hydrogens (primary N) is 1. The van der Waals surface area contributed by atoms with Gasteiger partial charge in [-0.25, -0.2) is 9.78 Å². The summed E-state index contributed by atoms with van der Waals surface area (Å²) < 4.78 is 0. The molecule has 1 heterocycles. The van der Waals surface area contributed by atoms with Crippen molar-refractivity contribution in [1.82, 2.24) is 4.98 Å². The minimum Gasteiger partial charge on any atom is -0.465 e. The third kappa shape index (κ3) is 1.87. The molecule has 3 N–H and O–H groups in total. The third-order valence-corrected chi connectivity index (χ3v) is 1.78. The molecule has 0 aliphatic rings. The van der Waals surface area contributed by atoms with Crippen molar-refractivity contribution in [2.24, 2.45) is 0 Å². The Morgan fingerprint density at radius 2 is 2.31 bits per heavy atom. The maximum absolute atomic E-state index is 10.6. The van der Waals surface area contributed by atoms with Crippen LogP contribution in [0.1, 0.15) is 5.56 Å². The minimum atomic E-state index is -1.02. The Morgan fingerprint density at radius 1 is 1.69 bits per heavy atom. The lowest BCUT2D eigenvalue weighted by atomic mass is 10.2. The van der Waals surface area contributed by atoms with Crippen LogP contribution in [-0.2, 0) is 0 Å². The summed E-state index contributed by atoms with van der Waals surface area (Å²) in [5.41, 5.74) is 6.77. The Labute approximate surface area is 75.8 Å². The number of hydrogen-bond acceptors (Lipinski definition) is 3. The first-order chi connectivity index (χ1) is 6.02. The fourth-order valence-electron chi connectivity index (χ4n) is 0.864. The van der Waals surface area contributed by atoms with Gasteiger partial charge >= 0.3 is 6.09 Å². The van der Waals surface area contributed by atoms with E-state index in [9.17, 15) is 4.79 Å². The number of anilines is 2. The van der Waals surface area contributed by atoms with E-state index in [0.717, 1.165) is 10.5 Å². The van der Waals surface area contributed by atoms with Crippen LogP contribution in [0.4, 0.5) is 16.3 Å². The first-order valence-electron chi connectivity index (χ1n) is 3.71. The molecule has 1 rings (SSSR count). The number of rotatable bonds is 1. The maximum Gasteiger partial charge on any atom is 0.411 e. The summed E-state index contributed by atoms with van der Waals surface area (Å²) >= 11 is 0. The predicted octanol–water partition coefficient (Wildman–Crippen LogP) is 1.09. The molecule has 0 aliphatic heterocycles. The Morgan fingerprint density at radius 3 is 2.77 bits per heavy atom. The van der Waals surface area contributed by atoms with Gasteiger partial charge in [-0.2, -0.15) is 0 Å². The predicted molar refractivity (Wildman–Crippen MR) is 49.8 cm³/mol. The molecule has 70 valence electrons. The second-order valence-electron chi connectivity index (χ2n) is 2.74. The summed E-state index contributed by atoms with van der Waals surface area (Å²) in [6.07, 6.45) is 0.405. The lowest BCUT2D eigenvalue weighted by Gasteiger charge is -2.13. The molecule has 0 saturated heterocycles. The van der Waals surface area contributed by atoms with E-state index in [1.54, 1.807) is 13.0 Å². The Balaban J connectivity index is 3.03. The van der Waals surface area contributed by atoms with Gasteiger partial charge in [0.25, 0.3) is 0 Å². The van der Waals surface area contributed by atoms with Gasteiger partial charge in [-0.3, -0.25) is 4.90 Å². The number of pyridine rings is 1. The fourth-order valence-corrected chi connectivity index (χ4v) is 0.864. The number of aryl methyl sites for hydroxylation is 1. The van der Waals surface area contributed by atoms with Crippen LogP contribution in [0.3, 0.4) is 0 Å². The molecule has 0 unspecified atom stereocenters. The molecule has 0 fully saturated rings. The van der Waals surface area contributed by atoms with E-state index in [1.807, 2.05) is 0 Å². The van der Waals surface area contributed by atoms with Crippen LogP contribution >= 0.6 is 0 Å². The van der Waals surface area contributed by atoms with Crippen molar-refractivity contribution >= 4 is 17.6 Å². The highest BCUT2D eigenvalue weighted by atomic mass is 16.4. The van der Waals surface area contributed by atoms with Gasteiger partial charge in [-0.15, -0.1) is 0 Å². The Kier molecular flexibility index (Phi) is 2.36. The van der Waals surface area contributed by atoms with Crippen molar-refractivity contribution < 1.29 is 9.90 Å². The number of carboxylic acid groups (broad SMARTS) is 1. The zero-order chi connectivity index (χ0) is 10.0. The number of nitrogens with zero attached hydrogens (tertiary/aromatic N) is 2. The van der Waals surface area contributed by atoms with Crippen LogP contribution < -0.4 is 10.6 Å². The quantitative estimate of drug-likeness (QED) is 0.679. The Hall–Kier alpha value is -1.78. The number of hydrogen-bond donors (Lipinski definition) is 2. The first kappa shape index (κ1) is 9.31. The molecule has 5 nitrogen and oxygen atoms in total. The normalized spacial score (nSPS) is 9.69. The van der Waals surface area contributed by atoms with Gasteiger partial charge in [0.1, 0.15) is 5.82 Å². The van der Waals surface area contributed by atoms with Crippen LogP contribution in [0.5, 0.6) is 0 Å². The second kappa shape index (κ2) is 3.30. The molecule has 0 aromatic carbocycles. The number of carbonyl (C=O) groups is 1. The van der Waals surface area contributed by atoms with Crippen LogP contribution in [0.15, 0.2) is 12.3 Å². The van der Waals surface area contributed by atoms with Gasteiger partial charge in [0.15, 0.2) is 0 Å². The van der Waals surface area contributed by atoms with Gasteiger partial charge in [0.05, 0.1) is 11.9 Å². The standard InChI is InChI=1S/C8H11N3O2/c1-5-3-6(4-10-7(5)9)11(2)8(12)13/h3-4H,1-2H3,(H2,9,10)(H,12,13). The summed E-state index contributed by atoms with van der Waals surface area (Å²) in [5.74, 6) is 0.419. The molecule has 0 spiro atoms. The van der Waals surface area contributed by atoms with Gasteiger partial charge < -0.3 is 10.8 Å². The van der Waals surface area contributed by atoms with E-state index >= 15 is 0 Å². The van der Waals surface area contributed by atoms with E-state index in [-0.39, 0.29) is 0 Å². The topological polar surface area (TPSA) is 79.5 Å². The van der Waals surface area contributed by atoms with E-state index in [1.165, 1.54) is 13.2 Å². The molecule has 1 aromatic rings. The molecule has 0 aliphatic carbocycles. The molecule has 1 aromatic heterocycles. The van der Waals surface area contributed by atoms with Crippen molar-refractivity contribution in [3.63, 3.8) is 0 Å². The van der Waals surface area contributed by atoms with Gasteiger partial charge in [0.2, 0.25) is 0 Å². The molecular weight excluding hydrogens is 170 g/mol. The highest BCUT2D eigenvalue weighted by Crippen LogP contribution is 2.16. The minimum absolute atomic E-state index is 0.419. The van der Waals surface area contributed by atoms with Crippen molar-refractivity contribution in [1.29, 1.82) is 0 Å². The van der Waals surface area contributed by atoms with Crippen LogP contribution in [0.25, 0.3) is 0 Å². The molecule has 5 heteroatoms. The number of nitrogen functional groups attached to an aromatic ring is 1. The lowest BCUT2D eigenvalue weighted by Crippen LogP contribution is -2.24. The van der Waals surface area contributed by atoms with Gasteiger partial charge in [-0.05, 0) is 18.6 Å². The van der Waals surface area contributed by atoms with Gasteiger partial charge in [0, 0.05) is 7.05 Å². The highest BCUT2D eigenvalue weighted by Gasteiger charge is 2.09. The van der Waals surface area contributed by atoms with Crippen molar-refractivity contribution in [3.05, 3.63) is 17.8 Å². The molecule has 0 saturated carbocycles. The summed E-state index contributed by atoms with van der Waals surface area (Å²) in [6.45, 7) is 1.78. The molecule has 0 radical (unpaired) electrons. The summed E-state index contributed by atoms with van der Waals surface area (Å²) in [4.78, 5) is 15.5. The number of amides is 1. The van der Waals surface area contributed by atoms with Crippen molar-refractivity contribution in [2.75, 3.05) is 17.7 Å². The zero-order valence-electron chi connectivity index (χ0n) is 7.48. The smallest absolute Gasteiger partial charge is 0.411 e. The van der Waals surface area contributed by atoms with E-state index in [2.05, 4.69) is 4.98 Å². The SMILES string of the molecule is Cc1cc(N(C)C(=O)O)cnc1N. The largest absolute Gasteiger partial charge is 0.465 e. The van der Waals surface area contributed by atoms with E-state index < -0.39 is 6.09 Å². The molecule has 0 atom stereocenters. The maximum atomic E-state index is 10.6. The monoisotopic (exact) mass is 181 g/mol. The van der Waals surface area contributed by atoms with Crippen molar-refractivity contribution in [2.45, 2.75) is 6.92 Å². The highest BCUT2D eigenvalue weighted by molar-refractivity contribution is 5.85. The van der Waals surface area contributed by atoms with Crippen LogP contribution in [0, 0.1) is 6.92 Å². The number of aromatic nitrogens is 1. The molecule has 1 amide bonds. The van der Waals surface area contributed by atoms with E-state index in [4.69, 9.17) is 10.8 Å². The van der Waals surface area contributed by atoms with E-state index in [0.29, 0.717) is 11.5 Å². The second-order valence-corrected chi connectivity index (χ2v) is 2.74. The summed E-state index contributed by atoms with van der Waals surface area (Å²) in [5, 5.41) is 8.66. The van der Waals surface area contributed by atoms with Crippen LogP contribution in [0.2, 0.25) is 0 Å². The summed E-state index contributed by atoms with van der Waals surface area (Å²) in [6, 6.07) is 1.68. The average Bonchev–Trinajstić information content (AvgIpc) is 2.08.